The molecule has 0 unspecified atom stereocenters. The van der Waals surface area contributed by atoms with Crippen molar-refractivity contribution < 1.29 is 9.90 Å². The zero-order chi connectivity index (χ0) is 15.2. The van der Waals surface area contributed by atoms with Gasteiger partial charge in [0.15, 0.2) is 0 Å². The summed E-state index contributed by atoms with van der Waals surface area (Å²) in [5, 5.41) is 12.8. The van der Waals surface area contributed by atoms with Gasteiger partial charge in [0, 0.05) is 17.1 Å². The van der Waals surface area contributed by atoms with Crippen LogP contribution in [0.25, 0.3) is 0 Å². The first-order valence-electron chi connectivity index (χ1n) is 6.68. The summed E-state index contributed by atoms with van der Waals surface area (Å²) in [7, 11) is 1.83. The molecule has 0 fully saturated rings. The third-order valence-corrected chi connectivity index (χ3v) is 3.66. The van der Waals surface area contributed by atoms with Crippen LogP contribution < -0.4 is 5.32 Å². The molecule has 112 valence electrons. The molecule has 0 aliphatic rings. The summed E-state index contributed by atoms with van der Waals surface area (Å²) in [5.41, 5.74) is 0.700. The van der Waals surface area contributed by atoms with Crippen molar-refractivity contribution in [3.63, 3.8) is 0 Å². The lowest BCUT2D eigenvalue weighted by Crippen LogP contribution is -2.48. The van der Waals surface area contributed by atoms with E-state index in [-0.39, 0.29) is 19.1 Å². The Labute approximate surface area is 125 Å². The van der Waals surface area contributed by atoms with Crippen molar-refractivity contribution in [2.45, 2.75) is 25.8 Å². The van der Waals surface area contributed by atoms with Gasteiger partial charge in [-0.1, -0.05) is 23.7 Å². The molecule has 1 amide bonds. The van der Waals surface area contributed by atoms with Gasteiger partial charge in [0.2, 0.25) is 5.91 Å². The number of aliphatic hydroxyl groups excluding tert-OH is 1. The quantitative estimate of drug-likeness (QED) is 0.806. The first-order chi connectivity index (χ1) is 9.35. The molecule has 1 aromatic carbocycles. The van der Waals surface area contributed by atoms with Crippen molar-refractivity contribution in [1.29, 1.82) is 0 Å². The minimum Gasteiger partial charge on any atom is -0.394 e. The number of hydrogen-bond acceptors (Lipinski definition) is 3. The number of nitrogens with one attached hydrogen (secondary N) is 1. The molecule has 0 saturated carbocycles. The SMILES string of the molecule is CN(CC(=O)NCCc1cccc(Cl)c1)C(C)(C)CO. The molecule has 5 heteroatoms. The maximum atomic E-state index is 11.8. The highest BCUT2D eigenvalue weighted by molar-refractivity contribution is 6.30. The van der Waals surface area contributed by atoms with E-state index >= 15 is 0 Å². The number of nitrogens with zero attached hydrogens (tertiary/aromatic N) is 1. The maximum Gasteiger partial charge on any atom is 0.234 e. The van der Waals surface area contributed by atoms with E-state index in [1.54, 1.807) is 0 Å². The summed E-state index contributed by atoms with van der Waals surface area (Å²) >= 11 is 5.90. The van der Waals surface area contributed by atoms with Crippen LogP contribution in [0.3, 0.4) is 0 Å². The van der Waals surface area contributed by atoms with Crippen molar-refractivity contribution in [2.24, 2.45) is 0 Å². The summed E-state index contributed by atoms with van der Waals surface area (Å²) in [4.78, 5) is 13.6. The fourth-order valence-electron chi connectivity index (χ4n) is 1.64. The second-order valence-corrected chi connectivity index (χ2v) is 5.99. The standard InChI is InChI=1S/C15H23ClN2O2/c1-15(2,11-19)18(3)10-14(20)17-8-7-12-5-4-6-13(16)9-12/h4-6,9,19H,7-8,10-11H2,1-3H3,(H,17,20). The Morgan fingerprint density at radius 3 is 2.75 bits per heavy atom. The van der Waals surface area contributed by atoms with Gasteiger partial charge in [-0.15, -0.1) is 0 Å². The summed E-state index contributed by atoms with van der Waals surface area (Å²) < 4.78 is 0. The van der Waals surface area contributed by atoms with Crippen molar-refractivity contribution in [3.05, 3.63) is 34.9 Å². The monoisotopic (exact) mass is 298 g/mol. The maximum absolute atomic E-state index is 11.8. The molecular formula is C15H23ClN2O2. The first kappa shape index (κ1) is 17.0. The van der Waals surface area contributed by atoms with E-state index in [4.69, 9.17) is 11.6 Å². The number of carbonyl (C=O) groups excluding carboxylic acids is 1. The fraction of sp³-hybridized carbons (Fsp3) is 0.533. The second-order valence-electron chi connectivity index (χ2n) is 5.56. The predicted molar refractivity (Wildman–Crippen MR) is 82.0 cm³/mol. The average molecular weight is 299 g/mol. The Morgan fingerprint density at radius 2 is 2.15 bits per heavy atom. The molecule has 0 heterocycles. The van der Waals surface area contributed by atoms with Crippen LogP contribution in [0.4, 0.5) is 0 Å². The lowest BCUT2D eigenvalue weighted by molar-refractivity contribution is -0.123. The Kier molecular flexibility index (Phi) is 6.46. The highest BCUT2D eigenvalue weighted by atomic mass is 35.5. The second kappa shape index (κ2) is 7.62. The van der Waals surface area contributed by atoms with Gasteiger partial charge in [-0.25, -0.2) is 0 Å². The van der Waals surface area contributed by atoms with Crippen LogP contribution in [0, 0.1) is 0 Å². The van der Waals surface area contributed by atoms with Gasteiger partial charge >= 0.3 is 0 Å². The predicted octanol–water partition coefficient (Wildman–Crippen LogP) is 1.70. The molecule has 0 radical (unpaired) electrons. The molecule has 0 atom stereocenters. The Morgan fingerprint density at radius 1 is 1.45 bits per heavy atom. The first-order valence-corrected chi connectivity index (χ1v) is 7.06. The van der Waals surface area contributed by atoms with E-state index in [2.05, 4.69) is 5.32 Å². The van der Waals surface area contributed by atoms with Gasteiger partial charge in [0.25, 0.3) is 0 Å². The zero-order valence-corrected chi connectivity index (χ0v) is 13.1. The molecule has 1 aromatic rings. The lowest BCUT2D eigenvalue weighted by Gasteiger charge is -2.33. The number of halogens is 1. The van der Waals surface area contributed by atoms with Crippen molar-refractivity contribution in [2.75, 3.05) is 26.7 Å². The number of benzene rings is 1. The minimum absolute atomic E-state index is 0.0132. The number of aliphatic hydroxyl groups is 1. The highest BCUT2D eigenvalue weighted by Crippen LogP contribution is 2.11. The van der Waals surface area contributed by atoms with Crippen LogP contribution in [-0.2, 0) is 11.2 Å². The third-order valence-electron chi connectivity index (χ3n) is 3.43. The van der Waals surface area contributed by atoms with Crippen LogP contribution in [0.5, 0.6) is 0 Å². The number of likely N-dealkylation sites (N-methyl/N-ethyl adjacent to an activating group) is 1. The fourth-order valence-corrected chi connectivity index (χ4v) is 1.86. The lowest BCUT2D eigenvalue weighted by atomic mass is 10.1. The van der Waals surface area contributed by atoms with E-state index < -0.39 is 5.54 Å². The zero-order valence-electron chi connectivity index (χ0n) is 12.3. The normalized spacial score (nSPS) is 11.7. The van der Waals surface area contributed by atoms with Gasteiger partial charge in [0.1, 0.15) is 0 Å². The molecule has 1 rings (SSSR count). The van der Waals surface area contributed by atoms with Crippen molar-refractivity contribution in [3.8, 4) is 0 Å². The van der Waals surface area contributed by atoms with Gasteiger partial charge in [0.05, 0.1) is 13.2 Å². The van der Waals surface area contributed by atoms with E-state index in [9.17, 15) is 9.90 Å². The molecule has 20 heavy (non-hydrogen) atoms. The number of hydrogen-bond donors (Lipinski definition) is 2. The van der Waals surface area contributed by atoms with Crippen molar-refractivity contribution >= 4 is 17.5 Å². The van der Waals surface area contributed by atoms with Crippen LogP contribution in [0.1, 0.15) is 19.4 Å². The number of amides is 1. The molecule has 0 aliphatic carbocycles. The van der Waals surface area contributed by atoms with Gasteiger partial charge < -0.3 is 10.4 Å². The number of carbonyl (C=O) groups is 1. The van der Waals surface area contributed by atoms with E-state index in [1.165, 1.54) is 0 Å². The van der Waals surface area contributed by atoms with E-state index in [1.807, 2.05) is 50.1 Å². The van der Waals surface area contributed by atoms with Gasteiger partial charge in [-0.2, -0.15) is 0 Å². The smallest absolute Gasteiger partial charge is 0.234 e. The molecule has 0 spiro atoms. The van der Waals surface area contributed by atoms with Gasteiger partial charge in [-0.3, -0.25) is 9.69 Å². The Bertz CT molecular complexity index is 449. The van der Waals surface area contributed by atoms with Crippen LogP contribution >= 0.6 is 11.6 Å². The molecule has 0 aromatic heterocycles. The van der Waals surface area contributed by atoms with Crippen LogP contribution in [0.2, 0.25) is 5.02 Å². The van der Waals surface area contributed by atoms with Crippen molar-refractivity contribution in [1.82, 2.24) is 10.2 Å². The topological polar surface area (TPSA) is 52.6 Å². The largest absolute Gasteiger partial charge is 0.394 e. The molecule has 2 N–H and O–H groups in total. The molecule has 0 bridgehead atoms. The Balaban J connectivity index is 2.34. The molecule has 4 nitrogen and oxygen atoms in total. The minimum atomic E-state index is -0.399. The summed E-state index contributed by atoms with van der Waals surface area (Å²) in [6.07, 6.45) is 0.749. The van der Waals surface area contributed by atoms with E-state index in [0.29, 0.717) is 11.6 Å². The summed E-state index contributed by atoms with van der Waals surface area (Å²) in [5.74, 6) is -0.0453. The molecular weight excluding hydrogens is 276 g/mol. The van der Waals surface area contributed by atoms with E-state index in [0.717, 1.165) is 12.0 Å². The highest BCUT2D eigenvalue weighted by Gasteiger charge is 2.23. The summed E-state index contributed by atoms with van der Waals surface area (Å²) in [6, 6.07) is 7.61. The molecule has 0 saturated heterocycles. The van der Waals surface area contributed by atoms with Gasteiger partial charge in [-0.05, 0) is 45.0 Å². The average Bonchev–Trinajstić information content (AvgIpc) is 2.38. The van der Waals surface area contributed by atoms with Crippen LogP contribution in [0.15, 0.2) is 24.3 Å². The molecule has 0 aliphatic heterocycles. The van der Waals surface area contributed by atoms with Crippen LogP contribution in [-0.4, -0.2) is 48.2 Å². The number of rotatable bonds is 7. The Hall–Kier alpha value is -1.10. The summed E-state index contributed by atoms with van der Waals surface area (Å²) in [6.45, 7) is 4.65. The third kappa shape index (κ3) is 5.49.